The summed E-state index contributed by atoms with van der Waals surface area (Å²) in [7, 11) is 1.93. The van der Waals surface area contributed by atoms with E-state index in [1.165, 1.54) is 32.1 Å². The van der Waals surface area contributed by atoms with Gasteiger partial charge in [0, 0.05) is 18.6 Å². The fourth-order valence-electron chi connectivity index (χ4n) is 3.33. The van der Waals surface area contributed by atoms with E-state index in [-0.39, 0.29) is 11.9 Å². The van der Waals surface area contributed by atoms with Crippen molar-refractivity contribution in [1.29, 1.82) is 0 Å². The molecule has 20 heavy (non-hydrogen) atoms. The lowest BCUT2D eigenvalue weighted by atomic mass is 9.92. The fraction of sp³-hybridized carbons (Fsp3) is 0.647. The molecular weight excluding hydrogens is 251 g/mol. The Kier molecular flexibility index (Phi) is 5.41. The number of para-hydroxylation sites is 1. The van der Waals surface area contributed by atoms with E-state index in [9.17, 15) is 4.39 Å². The smallest absolute Gasteiger partial charge is 0.146 e. The van der Waals surface area contributed by atoms with Gasteiger partial charge in [-0.25, -0.2) is 4.39 Å². The van der Waals surface area contributed by atoms with Crippen LogP contribution in [0.5, 0.6) is 0 Å². The zero-order valence-electron chi connectivity index (χ0n) is 13.0. The molecule has 0 aromatic heterocycles. The molecular formula is C17H27FN2. The van der Waals surface area contributed by atoms with E-state index < -0.39 is 0 Å². The van der Waals surface area contributed by atoms with E-state index in [1.807, 2.05) is 19.2 Å². The third-order valence-electron chi connectivity index (χ3n) is 4.56. The summed E-state index contributed by atoms with van der Waals surface area (Å²) in [6, 6.07) is 6.11. The van der Waals surface area contributed by atoms with Crippen molar-refractivity contribution >= 4 is 5.69 Å². The highest BCUT2D eigenvalue weighted by Gasteiger charge is 2.25. The van der Waals surface area contributed by atoms with Gasteiger partial charge in [0.15, 0.2) is 0 Å². The van der Waals surface area contributed by atoms with Crippen molar-refractivity contribution in [3.63, 3.8) is 0 Å². The first-order valence-electron chi connectivity index (χ1n) is 7.91. The number of hydrogen-bond acceptors (Lipinski definition) is 2. The largest absolute Gasteiger partial charge is 0.366 e. The van der Waals surface area contributed by atoms with E-state index in [2.05, 4.69) is 24.1 Å². The van der Waals surface area contributed by atoms with Crippen LogP contribution in [0.15, 0.2) is 18.2 Å². The van der Waals surface area contributed by atoms with E-state index in [4.69, 9.17) is 0 Å². The third kappa shape index (κ3) is 3.14. The Morgan fingerprint density at radius 3 is 2.60 bits per heavy atom. The van der Waals surface area contributed by atoms with Crippen molar-refractivity contribution < 1.29 is 4.39 Å². The van der Waals surface area contributed by atoms with Crippen LogP contribution >= 0.6 is 0 Å². The third-order valence-corrected chi connectivity index (χ3v) is 4.56. The molecule has 1 aromatic carbocycles. The van der Waals surface area contributed by atoms with Crippen LogP contribution in [0.4, 0.5) is 10.1 Å². The van der Waals surface area contributed by atoms with Gasteiger partial charge in [-0.15, -0.1) is 0 Å². The van der Waals surface area contributed by atoms with Crippen molar-refractivity contribution in [2.45, 2.75) is 58.0 Å². The van der Waals surface area contributed by atoms with Crippen LogP contribution in [-0.2, 0) is 0 Å². The lowest BCUT2D eigenvalue weighted by molar-refractivity contribution is 0.413. The Bertz CT molecular complexity index is 427. The maximum atomic E-state index is 14.5. The number of anilines is 1. The number of benzene rings is 1. The van der Waals surface area contributed by atoms with E-state index in [0.29, 0.717) is 6.04 Å². The molecule has 1 N–H and O–H groups in total. The number of hydrogen-bond donors (Lipinski definition) is 1. The number of rotatable bonds is 5. The van der Waals surface area contributed by atoms with Gasteiger partial charge in [0.2, 0.25) is 0 Å². The first-order valence-corrected chi connectivity index (χ1v) is 7.91. The predicted octanol–water partition coefficient (Wildman–Crippen LogP) is 4.27. The summed E-state index contributed by atoms with van der Waals surface area (Å²) in [6.07, 6.45) is 6.25. The van der Waals surface area contributed by atoms with E-state index in [0.717, 1.165) is 17.8 Å². The van der Waals surface area contributed by atoms with Gasteiger partial charge in [-0.05, 0) is 45.4 Å². The van der Waals surface area contributed by atoms with Gasteiger partial charge >= 0.3 is 0 Å². The first kappa shape index (κ1) is 15.3. The molecule has 3 heteroatoms. The van der Waals surface area contributed by atoms with Crippen LogP contribution in [0.1, 0.15) is 57.6 Å². The van der Waals surface area contributed by atoms with Crippen molar-refractivity contribution in [2.75, 3.05) is 18.5 Å². The van der Waals surface area contributed by atoms with E-state index >= 15 is 0 Å². The number of nitrogens with one attached hydrogen (secondary N) is 1. The molecule has 1 aliphatic carbocycles. The van der Waals surface area contributed by atoms with E-state index in [1.54, 1.807) is 6.07 Å². The second-order valence-corrected chi connectivity index (χ2v) is 5.77. The summed E-state index contributed by atoms with van der Waals surface area (Å²) in [5.74, 6) is -0.0861. The summed E-state index contributed by atoms with van der Waals surface area (Å²) in [5, 5.41) is 3.24. The minimum atomic E-state index is -0.0861. The molecule has 0 radical (unpaired) electrons. The summed E-state index contributed by atoms with van der Waals surface area (Å²) in [5.41, 5.74) is 1.88. The van der Waals surface area contributed by atoms with Crippen molar-refractivity contribution in [1.82, 2.24) is 5.32 Å². The number of halogens is 1. The second kappa shape index (κ2) is 7.07. The predicted molar refractivity (Wildman–Crippen MR) is 83.8 cm³/mol. The molecule has 0 heterocycles. The van der Waals surface area contributed by atoms with Crippen LogP contribution in [-0.4, -0.2) is 19.6 Å². The van der Waals surface area contributed by atoms with Crippen molar-refractivity contribution in [3.8, 4) is 0 Å². The van der Waals surface area contributed by atoms with Crippen LogP contribution in [0, 0.1) is 5.82 Å². The molecule has 1 aliphatic rings. The Labute approximate surface area is 122 Å². The lowest BCUT2D eigenvalue weighted by Gasteiger charge is -2.37. The van der Waals surface area contributed by atoms with Crippen LogP contribution in [0.25, 0.3) is 0 Å². The molecule has 0 amide bonds. The summed E-state index contributed by atoms with van der Waals surface area (Å²) < 4.78 is 14.5. The van der Waals surface area contributed by atoms with Gasteiger partial charge in [0.25, 0.3) is 0 Å². The molecule has 1 atom stereocenters. The highest BCUT2D eigenvalue weighted by Crippen LogP contribution is 2.34. The van der Waals surface area contributed by atoms with Gasteiger partial charge in [0.05, 0.1) is 5.69 Å². The Hall–Kier alpha value is -1.09. The van der Waals surface area contributed by atoms with Crippen molar-refractivity contribution in [2.24, 2.45) is 0 Å². The van der Waals surface area contributed by atoms with Crippen molar-refractivity contribution in [3.05, 3.63) is 29.6 Å². The zero-order chi connectivity index (χ0) is 14.5. The standard InChI is InChI=1S/C17H27FN2/c1-4-20(14-9-6-5-7-10-14)17-15(13(2)19-3)11-8-12-16(17)18/h8,11-14,19H,4-7,9-10H2,1-3H3. The maximum absolute atomic E-state index is 14.5. The molecule has 1 saturated carbocycles. The lowest BCUT2D eigenvalue weighted by Crippen LogP contribution is -2.38. The monoisotopic (exact) mass is 278 g/mol. The molecule has 112 valence electrons. The summed E-state index contributed by atoms with van der Waals surface area (Å²) >= 11 is 0. The summed E-state index contributed by atoms with van der Waals surface area (Å²) in [4.78, 5) is 2.29. The van der Waals surface area contributed by atoms with Gasteiger partial charge < -0.3 is 10.2 Å². The molecule has 1 unspecified atom stereocenters. The van der Waals surface area contributed by atoms with Crippen LogP contribution < -0.4 is 10.2 Å². The van der Waals surface area contributed by atoms with Gasteiger partial charge in [-0.1, -0.05) is 31.4 Å². The van der Waals surface area contributed by atoms with Gasteiger partial charge in [-0.2, -0.15) is 0 Å². The molecule has 2 rings (SSSR count). The molecule has 1 fully saturated rings. The summed E-state index contributed by atoms with van der Waals surface area (Å²) in [6.45, 7) is 5.09. The normalized spacial score (nSPS) is 18.0. The highest BCUT2D eigenvalue weighted by atomic mass is 19.1. The fourth-order valence-corrected chi connectivity index (χ4v) is 3.33. The number of nitrogens with zero attached hydrogens (tertiary/aromatic N) is 1. The molecule has 1 aromatic rings. The molecule has 2 nitrogen and oxygen atoms in total. The molecule has 0 bridgehead atoms. The highest BCUT2D eigenvalue weighted by molar-refractivity contribution is 5.57. The average molecular weight is 278 g/mol. The minimum absolute atomic E-state index is 0.0861. The van der Waals surface area contributed by atoms with Crippen LogP contribution in [0.3, 0.4) is 0 Å². The maximum Gasteiger partial charge on any atom is 0.146 e. The minimum Gasteiger partial charge on any atom is -0.366 e. The average Bonchev–Trinajstić information content (AvgIpc) is 2.50. The van der Waals surface area contributed by atoms with Gasteiger partial charge in [0.1, 0.15) is 5.82 Å². The second-order valence-electron chi connectivity index (χ2n) is 5.77. The molecule has 0 saturated heterocycles. The SMILES string of the molecule is CCN(c1c(F)cccc1C(C)NC)C1CCCCC1. The molecule has 0 spiro atoms. The molecule has 0 aliphatic heterocycles. The quantitative estimate of drug-likeness (QED) is 0.865. The topological polar surface area (TPSA) is 15.3 Å². The zero-order valence-corrected chi connectivity index (χ0v) is 13.0. The Morgan fingerprint density at radius 2 is 2.00 bits per heavy atom. The van der Waals surface area contributed by atoms with Crippen LogP contribution in [0.2, 0.25) is 0 Å². The Balaban J connectivity index is 2.37. The first-order chi connectivity index (χ1) is 9.69. The van der Waals surface area contributed by atoms with Gasteiger partial charge in [-0.3, -0.25) is 0 Å². The Morgan fingerprint density at radius 1 is 1.30 bits per heavy atom.